The van der Waals surface area contributed by atoms with Crippen LogP contribution in [0.1, 0.15) is 38.5 Å². The van der Waals surface area contributed by atoms with Crippen molar-refractivity contribution in [3.8, 4) is 0 Å². The number of urea groups is 1. The van der Waals surface area contributed by atoms with Crippen molar-refractivity contribution in [3.05, 3.63) is 17.5 Å². The maximum absolute atomic E-state index is 12.5. The minimum Gasteiger partial charge on any atom is -0.455 e. The van der Waals surface area contributed by atoms with Gasteiger partial charge in [0, 0.05) is 19.1 Å². The molecule has 160 valence electrons. The quantitative estimate of drug-likeness (QED) is 0.642. The second-order valence-electron chi connectivity index (χ2n) is 7.22. The fraction of sp³-hybridized carbons (Fsp3) is 0.611. The number of amides is 3. The lowest BCUT2D eigenvalue weighted by Crippen LogP contribution is -2.45. The summed E-state index contributed by atoms with van der Waals surface area (Å²) in [6.45, 7) is -0.101. The summed E-state index contributed by atoms with van der Waals surface area (Å²) in [5, 5.41) is 6.58. The average Bonchev–Trinajstić information content (AvgIpc) is 3.40. The normalized spacial score (nSPS) is 19.0. The van der Waals surface area contributed by atoms with Gasteiger partial charge in [-0.1, -0.05) is 18.9 Å². The lowest BCUT2D eigenvalue weighted by atomic mass is 9.98. The molecule has 1 aliphatic heterocycles. The van der Waals surface area contributed by atoms with E-state index in [1.165, 1.54) is 4.31 Å². The van der Waals surface area contributed by atoms with Gasteiger partial charge in [0.1, 0.15) is 4.21 Å². The van der Waals surface area contributed by atoms with Crippen molar-refractivity contribution in [3.63, 3.8) is 0 Å². The van der Waals surface area contributed by atoms with Gasteiger partial charge in [-0.25, -0.2) is 13.2 Å². The Morgan fingerprint density at radius 2 is 1.83 bits per heavy atom. The van der Waals surface area contributed by atoms with Crippen LogP contribution >= 0.6 is 11.3 Å². The third kappa shape index (κ3) is 5.77. The second-order valence-corrected chi connectivity index (χ2v) is 10.3. The first-order valence-electron chi connectivity index (χ1n) is 9.67. The largest absolute Gasteiger partial charge is 0.455 e. The Bertz CT molecular complexity index is 826. The van der Waals surface area contributed by atoms with Crippen molar-refractivity contribution < 1.29 is 27.5 Å². The first-order chi connectivity index (χ1) is 13.9. The monoisotopic (exact) mass is 443 g/mol. The van der Waals surface area contributed by atoms with Crippen LogP contribution in [0.3, 0.4) is 0 Å². The highest BCUT2D eigenvalue weighted by molar-refractivity contribution is 7.91. The van der Waals surface area contributed by atoms with E-state index >= 15 is 0 Å². The van der Waals surface area contributed by atoms with E-state index < -0.39 is 40.5 Å². The molecule has 1 aliphatic carbocycles. The minimum atomic E-state index is -3.53. The van der Waals surface area contributed by atoms with Gasteiger partial charge in [0.2, 0.25) is 0 Å². The Morgan fingerprint density at radius 1 is 1.14 bits per heavy atom. The van der Waals surface area contributed by atoms with Gasteiger partial charge in [-0.05, 0) is 37.1 Å². The summed E-state index contributed by atoms with van der Waals surface area (Å²) in [5.74, 6) is -1.71. The molecule has 0 atom stereocenters. The Balaban J connectivity index is 1.38. The predicted octanol–water partition coefficient (Wildman–Crippen LogP) is 1.46. The van der Waals surface area contributed by atoms with Gasteiger partial charge in [0.05, 0.1) is 5.92 Å². The number of nitrogens with one attached hydrogen (secondary N) is 2. The van der Waals surface area contributed by atoms with Crippen LogP contribution in [0.25, 0.3) is 0 Å². The van der Waals surface area contributed by atoms with Crippen LogP contribution in [0.5, 0.6) is 0 Å². The molecule has 1 saturated carbocycles. The predicted molar refractivity (Wildman–Crippen MR) is 106 cm³/mol. The number of hydrogen-bond donors (Lipinski definition) is 2. The van der Waals surface area contributed by atoms with Crippen LogP contribution in [0.4, 0.5) is 4.79 Å². The van der Waals surface area contributed by atoms with Gasteiger partial charge in [-0.3, -0.25) is 14.9 Å². The van der Waals surface area contributed by atoms with E-state index in [1.54, 1.807) is 17.5 Å². The van der Waals surface area contributed by atoms with Crippen LogP contribution in [-0.4, -0.2) is 56.4 Å². The van der Waals surface area contributed by atoms with Gasteiger partial charge >= 0.3 is 12.0 Å². The molecule has 1 saturated heterocycles. The van der Waals surface area contributed by atoms with E-state index in [4.69, 9.17) is 4.74 Å². The molecule has 1 aromatic rings. The molecule has 0 spiro atoms. The molecule has 0 unspecified atom stereocenters. The first kappa shape index (κ1) is 21.7. The van der Waals surface area contributed by atoms with Crippen molar-refractivity contribution in [2.75, 3.05) is 19.7 Å². The fourth-order valence-corrected chi connectivity index (χ4v) is 6.19. The zero-order valence-corrected chi connectivity index (χ0v) is 17.6. The van der Waals surface area contributed by atoms with Crippen LogP contribution in [0.15, 0.2) is 21.7 Å². The SMILES string of the molecule is O=C(COC(=O)C1CCN(S(=O)(=O)c2cccs2)CC1)NC(=O)NC1CCCC1. The number of nitrogens with zero attached hydrogens (tertiary/aromatic N) is 1. The topological polar surface area (TPSA) is 122 Å². The lowest BCUT2D eigenvalue weighted by Gasteiger charge is -2.29. The molecule has 3 amide bonds. The second kappa shape index (κ2) is 9.68. The smallest absolute Gasteiger partial charge is 0.321 e. The molecule has 2 fully saturated rings. The van der Waals surface area contributed by atoms with Crippen LogP contribution < -0.4 is 10.6 Å². The maximum Gasteiger partial charge on any atom is 0.321 e. The third-order valence-corrected chi connectivity index (χ3v) is 8.44. The molecule has 11 heteroatoms. The van der Waals surface area contributed by atoms with Gasteiger partial charge in [-0.2, -0.15) is 4.31 Å². The van der Waals surface area contributed by atoms with Crippen molar-refractivity contribution in [1.82, 2.24) is 14.9 Å². The highest BCUT2D eigenvalue weighted by Crippen LogP contribution is 2.26. The van der Waals surface area contributed by atoms with Gasteiger partial charge < -0.3 is 10.1 Å². The zero-order chi connectivity index (χ0) is 20.9. The van der Waals surface area contributed by atoms with Gasteiger partial charge in [-0.15, -0.1) is 11.3 Å². The molecule has 2 heterocycles. The Morgan fingerprint density at radius 3 is 2.45 bits per heavy atom. The van der Waals surface area contributed by atoms with Gasteiger partial charge in [0.25, 0.3) is 15.9 Å². The fourth-order valence-electron chi connectivity index (χ4n) is 3.58. The molecular weight excluding hydrogens is 418 g/mol. The number of esters is 1. The van der Waals surface area contributed by atoms with E-state index in [9.17, 15) is 22.8 Å². The number of thiophene rings is 1. The van der Waals surface area contributed by atoms with Crippen molar-refractivity contribution in [1.29, 1.82) is 0 Å². The summed E-state index contributed by atoms with van der Waals surface area (Å²) in [7, 11) is -3.53. The van der Waals surface area contributed by atoms with E-state index in [0.29, 0.717) is 12.8 Å². The summed E-state index contributed by atoms with van der Waals surface area (Å²) in [6, 6.07) is 2.74. The van der Waals surface area contributed by atoms with Crippen LogP contribution in [-0.2, 0) is 24.3 Å². The highest BCUT2D eigenvalue weighted by Gasteiger charge is 2.33. The molecule has 2 N–H and O–H groups in total. The number of piperidine rings is 1. The molecule has 9 nitrogen and oxygen atoms in total. The number of carbonyl (C=O) groups excluding carboxylic acids is 3. The number of carbonyl (C=O) groups is 3. The van der Waals surface area contributed by atoms with E-state index in [-0.39, 0.29) is 23.3 Å². The Kier molecular flexibility index (Phi) is 7.25. The van der Waals surface area contributed by atoms with E-state index in [0.717, 1.165) is 37.0 Å². The number of ether oxygens (including phenoxy) is 1. The standard InChI is InChI=1S/C18H25N3O6S2/c22-15(20-18(24)19-14-4-1-2-5-14)12-27-17(23)13-7-9-21(10-8-13)29(25,26)16-6-3-11-28-16/h3,6,11,13-14H,1-2,4-5,7-10,12H2,(H2,19,20,22,24). The summed E-state index contributed by atoms with van der Waals surface area (Å²) in [6.07, 6.45) is 4.57. The molecule has 2 aliphatic rings. The molecule has 1 aromatic heterocycles. The highest BCUT2D eigenvalue weighted by atomic mass is 32.2. The molecule has 0 radical (unpaired) electrons. The Hall–Kier alpha value is -1.98. The lowest BCUT2D eigenvalue weighted by molar-refractivity contribution is -0.153. The molecule has 0 aromatic carbocycles. The van der Waals surface area contributed by atoms with Crippen molar-refractivity contribution in [2.24, 2.45) is 5.92 Å². The van der Waals surface area contributed by atoms with E-state index in [2.05, 4.69) is 10.6 Å². The van der Waals surface area contributed by atoms with Crippen molar-refractivity contribution >= 4 is 39.3 Å². The number of imide groups is 1. The Labute approximate surface area is 173 Å². The zero-order valence-electron chi connectivity index (χ0n) is 16.0. The van der Waals surface area contributed by atoms with E-state index in [1.807, 2.05) is 0 Å². The first-order valence-corrected chi connectivity index (χ1v) is 12.0. The van der Waals surface area contributed by atoms with Crippen LogP contribution in [0.2, 0.25) is 0 Å². The summed E-state index contributed by atoms with van der Waals surface area (Å²) in [4.78, 5) is 35.7. The minimum absolute atomic E-state index is 0.0843. The molecule has 29 heavy (non-hydrogen) atoms. The molecule has 0 bridgehead atoms. The maximum atomic E-state index is 12.5. The van der Waals surface area contributed by atoms with Gasteiger partial charge in [0.15, 0.2) is 6.61 Å². The molecule has 3 rings (SSSR count). The molecular formula is C18H25N3O6S2. The number of rotatable bonds is 6. The summed E-state index contributed by atoms with van der Waals surface area (Å²) in [5.41, 5.74) is 0. The summed E-state index contributed by atoms with van der Waals surface area (Å²) >= 11 is 1.16. The summed E-state index contributed by atoms with van der Waals surface area (Å²) < 4.78 is 31.6. The number of hydrogen-bond acceptors (Lipinski definition) is 7. The number of sulfonamides is 1. The van der Waals surface area contributed by atoms with Crippen molar-refractivity contribution in [2.45, 2.75) is 48.8 Å². The average molecular weight is 444 g/mol. The van der Waals surface area contributed by atoms with Crippen LogP contribution in [0, 0.1) is 5.92 Å². The third-order valence-electron chi connectivity index (χ3n) is 5.17.